The lowest BCUT2D eigenvalue weighted by molar-refractivity contribution is -0.119. The maximum absolute atomic E-state index is 12.4. The fourth-order valence-electron chi connectivity index (χ4n) is 2.70. The molecule has 1 amide bonds. The molecule has 0 aromatic heterocycles. The molecule has 3 rings (SSSR count). The molecule has 0 bridgehead atoms. The molecule has 0 unspecified atom stereocenters. The molecule has 0 aliphatic carbocycles. The van der Waals surface area contributed by atoms with Crippen molar-refractivity contribution in [3.05, 3.63) is 94.5 Å². The predicted octanol–water partition coefficient (Wildman–Crippen LogP) is 5.02. The van der Waals surface area contributed by atoms with Gasteiger partial charge in [0.1, 0.15) is 17.9 Å². The fourth-order valence-corrected chi connectivity index (χ4v) is 2.89. The zero-order chi connectivity index (χ0) is 20.6. The molecule has 0 atom stereocenters. The van der Waals surface area contributed by atoms with Gasteiger partial charge in [0.2, 0.25) is 0 Å². The Balaban J connectivity index is 1.58. The van der Waals surface area contributed by atoms with E-state index in [0.29, 0.717) is 23.1 Å². The van der Waals surface area contributed by atoms with Gasteiger partial charge >= 0.3 is 5.97 Å². The van der Waals surface area contributed by atoms with Crippen molar-refractivity contribution >= 4 is 29.2 Å². The van der Waals surface area contributed by atoms with Crippen molar-refractivity contribution in [3.8, 4) is 5.75 Å². The molecule has 5 nitrogen and oxygen atoms in total. The number of ether oxygens (including phenoxy) is 2. The minimum absolute atomic E-state index is 0.260. The average Bonchev–Trinajstić information content (AvgIpc) is 2.71. The van der Waals surface area contributed by atoms with Gasteiger partial charge in [-0.05, 0) is 42.8 Å². The zero-order valence-corrected chi connectivity index (χ0v) is 16.6. The molecular weight excluding hydrogens is 390 g/mol. The molecule has 6 heteroatoms. The minimum atomic E-state index is -0.633. The van der Waals surface area contributed by atoms with E-state index in [9.17, 15) is 9.59 Å². The first-order valence-electron chi connectivity index (χ1n) is 9.01. The van der Waals surface area contributed by atoms with Crippen molar-refractivity contribution < 1.29 is 19.1 Å². The Hall–Kier alpha value is -3.31. The molecule has 0 fully saturated rings. The highest BCUT2D eigenvalue weighted by Gasteiger charge is 2.15. The SMILES string of the molecule is Cc1cccc(COc2ccccc2C(=O)OCC(=O)Nc2cccc(Cl)c2)c1. The number of rotatable bonds is 7. The molecule has 0 aliphatic heterocycles. The van der Waals surface area contributed by atoms with Crippen molar-refractivity contribution in [2.75, 3.05) is 11.9 Å². The second-order valence-electron chi connectivity index (χ2n) is 6.41. The number of anilines is 1. The monoisotopic (exact) mass is 409 g/mol. The zero-order valence-electron chi connectivity index (χ0n) is 15.9. The number of carbonyl (C=O) groups is 2. The number of hydrogen-bond donors (Lipinski definition) is 1. The Labute approximate surface area is 174 Å². The van der Waals surface area contributed by atoms with E-state index in [4.69, 9.17) is 21.1 Å². The van der Waals surface area contributed by atoms with Gasteiger partial charge in [-0.2, -0.15) is 0 Å². The molecule has 3 aromatic rings. The molecule has 0 saturated heterocycles. The third kappa shape index (κ3) is 6.09. The number of hydrogen-bond acceptors (Lipinski definition) is 4. The van der Waals surface area contributed by atoms with Crippen LogP contribution in [0.1, 0.15) is 21.5 Å². The lowest BCUT2D eigenvalue weighted by Gasteiger charge is -2.12. The van der Waals surface area contributed by atoms with E-state index in [1.165, 1.54) is 0 Å². The summed E-state index contributed by atoms with van der Waals surface area (Å²) in [5.41, 5.74) is 2.91. The lowest BCUT2D eigenvalue weighted by Crippen LogP contribution is -2.21. The number of para-hydroxylation sites is 1. The number of esters is 1. The summed E-state index contributed by atoms with van der Waals surface area (Å²) >= 11 is 5.89. The topological polar surface area (TPSA) is 64.6 Å². The smallest absolute Gasteiger partial charge is 0.342 e. The van der Waals surface area contributed by atoms with Crippen molar-refractivity contribution in [1.29, 1.82) is 0 Å². The summed E-state index contributed by atoms with van der Waals surface area (Å²) in [6.45, 7) is 1.90. The highest BCUT2D eigenvalue weighted by atomic mass is 35.5. The lowest BCUT2D eigenvalue weighted by atomic mass is 10.1. The van der Waals surface area contributed by atoms with E-state index in [0.717, 1.165) is 11.1 Å². The highest BCUT2D eigenvalue weighted by Crippen LogP contribution is 2.21. The van der Waals surface area contributed by atoms with Gasteiger partial charge in [-0.25, -0.2) is 4.79 Å². The number of benzene rings is 3. The molecule has 0 saturated carbocycles. The quantitative estimate of drug-likeness (QED) is 0.556. The summed E-state index contributed by atoms with van der Waals surface area (Å²) < 4.78 is 10.9. The summed E-state index contributed by atoms with van der Waals surface area (Å²) in [5.74, 6) is -0.695. The van der Waals surface area contributed by atoms with Crippen LogP contribution < -0.4 is 10.1 Å². The molecule has 1 N–H and O–H groups in total. The summed E-state index contributed by atoms with van der Waals surface area (Å²) in [7, 11) is 0. The second kappa shape index (κ2) is 9.75. The van der Waals surface area contributed by atoms with Crippen molar-refractivity contribution in [2.24, 2.45) is 0 Å². The summed E-state index contributed by atoms with van der Waals surface area (Å²) in [4.78, 5) is 24.5. The number of halogens is 1. The minimum Gasteiger partial charge on any atom is -0.488 e. The maximum Gasteiger partial charge on any atom is 0.342 e. The third-order valence-electron chi connectivity index (χ3n) is 4.03. The Bertz CT molecular complexity index is 1020. The van der Waals surface area contributed by atoms with Crippen LogP contribution in [0.15, 0.2) is 72.8 Å². The van der Waals surface area contributed by atoms with Crippen LogP contribution >= 0.6 is 11.6 Å². The van der Waals surface area contributed by atoms with E-state index in [2.05, 4.69) is 5.32 Å². The second-order valence-corrected chi connectivity index (χ2v) is 6.84. The van der Waals surface area contributed by atoms with Crippen LogP contribution in [0.3, 0.4) is 0 Å². The van der Waals surface area contributed by atoms with Crippen LogP contribution in [0, 0.1) is 6.92 Å². The predicted molar refractivity (Wildman–Crippen MR) is 112 cm³/mol. The van der Waals surface area contributed by atoms with Gasteiger partial charge in [-0.15, -0.1) is 0 Å². The molecule has 0 heterocycles. The van der Waals surface area contributed by atoms with Gasteiger partial charge in [-0.3, -0.25) is 4.79 Å². The summed E-state index contributed by atoms with van der Waals surface area (Å²) in [6.07, 6.45) is 0. The molecule has 148 valence electrons. The Morgan fingerprint density at radius 1 is 0.966 bits per heavy atom. The molecular formula is C23H20ClNO4. The van der Waals surface area contributed by atoms with Crippen molar-refractivity contribution in [2.45, 2.75) is 13.5 Å². The van der Waals surface area contributed by atoms with Crippen LogP contribution in [-0.4, -0.2) is 18.5 Å². The summed E-state index contributed by atoms with van der Waals surface area (Å²) in [6, 6.07) is 21.4. The van der Waals surface area contributed by atoms with E-state index in [1.807, 2.05) is 31.2 Å². The van der Waals surface area contributed by atoms with E-state index in [1.54, 1.807) is 48.5 Å². The maximum atomic E-state index is 12.4. The summed E-state index contributed by atoms with van der Waals surface area (Å²) in [5, 5.41) is 3.12. The van der Waals surface area contributed by atoms with Gasteiger partial charge < -0.3 is 14.8 Å². The van der Waals surface area contributed by atoms with E-state index in [-0.39, 0.29) is 5.56 Å². The number of amides is 1. The van der Waals surface area contributed by atoms with Crippen LogP contribution in [-0.2, 0) is 16.1 Å². The Morgan fingerprint density at radius 2 is 1.76 bits per heavy atom. The number of carbonyl (C=O) groups excluding carboxylic acids is 2. The molecule has 0 aliphatic rings. The first kappa shape index (κ1) is 20.4. The molecule has 29 heavy (non-hydrogen) atoms. The van der Waals surface area contributed by atoms with Gasteiger partial charge in [-0.1, -0.05) is 59.6 Å². The first-order valence-corrected chi connectivity index (χ1v) is 9.39. The Morgan fingerprint density at radius 3 is 2.55 bits per heavy atom. The normalized spacial score (nSPS) is 10.3. The Kier molecular flexibility index (Phi) is 6.87. The number of nitrogens with one attached hydrogen (secondary N) is 1. The van der Waals surface area contributed by atoms with Gasteiger partial charge in [0, 0.05) is 10.7 Å². The van der Waals surface area contributed by atoms with Gasteiger partial charge in [0.05, 0.1) is 0 Å². The first-order chi connectivity index (χ1) is 14.0. The van der Waals surface area contributed by atoms with Crippen molar-refractivity contribution in [1.82, 2.24) is 0 Å². The van der Waals surface area contributed by atoms with Gasteiger partial charge in [0.25, 0.3) is 5.91 Å². The standard InChI is InChI=1S/C23H20ClNO4/c1-16-6-4-7-17(12-16)14-28-21-11-3-2-10-20(21)23(27)29-15-22(26)25-19-9-5-8-18(24)13-19/h2-13H,14-15H2,1H3,(H,25,26). The molecule has 3 aromatic carbocycles. The van der Waals surface area contributed by atoms with Crippen LogP contribution in [0.4, 0.5) is 5.69 Å². The fraction of sp³-hybridized carbons (Fsp3) is 0.130. The van der Waals surface area contributed by atoms with Crippen LogP contribution in [0.5, 0.6) is 5.75 Å². The van der Waals surface area contributed by atoms with Crippen molar-refractivity contribution in [3.63, 3.8) is 0 Å². The van der Waals surface area contributed by atoms with E-state index < -0.39 is 18.5 Å². The largest absolute Gasteiger partial charge is 0.488 e. The van der Waals surface area contributed by atoms with Crippen LogP contribution in [0.2, 0.25) is 5.02 Å². The van der Waals surface area contributed by atoms with Gasteiger partial charge in [0.15, 0.2) is 6.61 Å². The average molecular weight is 410 g/mol. The highest BCUT2D eigenvalue weighted by molar-refractivity contribution is 6.30. The number of aryl methyl sites for hydroxylation is 1. The van der Waals surface area contributed by atoms with E-state index >= 15 is 0 Å². The third-order valence-corrected chi connectivity index (χ3v) is 4.26. The van der Waals surface area contributed by atoms with Crippen LogP contribution in [0.25, 0.3) is 0 Å². The molecule has 0 spiro atoms. The molecule has 0 radical (unpaired) electrons.